The third-order valence-corrected chi connectivity index (χ3v) is 3.32. The zero-order valence-electron chi connectivity index (χ0n) is 10.1. The number of amides is 2. The fraction of sp³-hybridized carbons (Fsp3) is 0.385. The minimum Gasteiger partial charge on any atom is -0.398 e. The summed E-state index contributed by atoms with van der Waals surface area (Å²) < 4.78 is 0. The molecule has 1 aliphatic rings. The molecule has 4 nitrogen and oxygen atoms in total. The number of carbonyl (C=O) groups excluding carboxylic acids is 2. The molecule has 0 unspecified atom stereocenters. The van der Waals surface area contributed by atoms with Crippen LogP contribution in [0, 0.1) is 5.92 Å². The van der Waals surface area contributed by atoms with E-state index < -0.39 is 0 Å². The highest BCUT2D eigenvalue weighted by atomic mass is 35.5. The van der Waals surface area contributed by atoms with Gasteiger partial charge in [0.1, 0.15) is 0 Å². The van der Waals surface area contributed by atoms with Crippen LogP contribution in [0.3, 0.4) is 0 Å². The van der Waals surface area contributed by atoms with E-state index in [2.05, 4.69) is 0 Å². The van der Waals surface area contributed by atoms with Gasteiger partial charge in [0.25, 0.3) is 0 Å². The van der Waals surface area contributed by atoms with Gasteiger partial charge >= 0.3 is 0 Å². The molecule has 96 valence electrons. The zero-order valence-corrected chi connectivity index (χ0v) is 10.9. The molecule has 0 saturated carbocycles. The van der Waals surface area contributed by atoms with Crippen molar-refractivity contribution in [3.8, 4) is 0 Å². The molecule has 0 atom stereocenters. The number of nitrogen functional groups attached to an aromatic ring is 1. The number of halogens is 1. The zero-order chi connectivity index (χ0) is 13.3. The van der Waals surface area contributed by atoms with Crippen molar-refractivity contribution in [3.63, 3.8) is 0 Å². The van der Waals surface area contributed by atoms with Crippen LogP contribution in [0.2, 0.25) is 5.02 Å². The normalized spacial score (nSPS) is 17.3. The van der Waals surface area contributed by atoms with Crippen molar-refractivity contribution < 1.29 is 9.59 Å². The number of hydrogen-bond donors (Lipinski definition) is 1. The summed E-state index contributed by atoms with van der Waals surface area (Å²) >= 11 is 5.89. The number of carbonyl (C=O) groups is 2. The molecule has 1 fully saturated rings. The lowest BCUT2D eigenvalue weighted by atomic mass is 9.97. The van der Waals surface area contributed by atoms with Crippen LogP contribution in [0.25, 0.3) is 0 Å². The second-order valence-corrected chi connectivity index (χ2v) is 5.17. The Morgan fingerprint density at radius 3 is 2.56 bits per heavy atom. The molecule has 0 bridgehead atoms. The molecule has 1 saturated heterocycles. The van der Waals surface area contributed by atoms with Crippen LogP contribution in [0.15, 0.2) is 18.2 Å². The van der Waals surface area contributed by atoms with Crippen LogP contribution >= 0.6 is 11.6 Å². The minimum atomic E-state index is -0.141. The maximum absolute atomic E-state index is 11.8. The summed E-state index contributed by atoms with van der Waals surface area (Å²) in [6, 6.07) is 5.05. The lowest BCUT2D eigenvalue weighted by Gasteiger charge is -2.28. The first-order chi connectivity index (χ1) is 8.47. The van der Waals surface area contributed by atoms with Gasteiger partial charge in [0.2, 0.25) is 11.8 Å². The number of nitrogens with zero attached hydrogens (tertiary/aromatic N) is 1. The molecule has 1 aromatic rings. The third-order valence-electron chi connectivity index (χ3n) is 3.08. The standard InChI is InChI=1S/C13H15ClN2O2/c1-8-4-12(17)16(13(18)5-8)7-9-6-10(14)2-3-11(9)15/h2-3,6,8H,4-5,7,15H2,1H3. The molecular weight excluding hydrogens is 252 g/mol. The Balaban J connectivity index is 2.20. The highest BCUT2D eigenvalue weighted by molar-refractivity contribution is 6.30. The molecule has 2 N–H and O–H groups in total. The van der Waals surface area contributed by atoms with Crippen molar-refractivity contribution in [2.45, 2.75) is 26.3 Å². The number of piperidine rings is 1. The van der Waals surface area contributed by atoms with E-state index in [0.717, 1.165) is 0 Å². The van der Waals surface area contributed by atoms with Gasteiger partial charge in [0.05, 0.1) is 6.54 Å². The Morgan fingerprint density at radius 1 is 1.33 bits per heavy atom. The Bertz CT molecular complexity index is 484. The topological polar surface area (TPSA) is 63.4 Å². The predicted molar refractivity (Wildman–Crippen MR) is 69.8 cm³/mol. The molecule has 0 aromatic heterocycles. The fourth-order valence-corrected chi connectivity index (χ4v) is 2.28. The second-order valence-electron chi connectivity index (χ2n) is 4.73. The summed E-state index contributed by atoms with van der Waals surface area (Å²) in [5.41, 5.74) is 7.06. The number of benzene rings is 1. The van der Waals surface area contributed by atoms with Gasteiger partial charge in [-0.05, 0) is 29.7 Å². The molecule has 2 amide bonds. The quantitative estimate of drug-likeness (QED) is 0.659. The van der Waals surface area contributed by atoms with Crippen LogP contribution < -0.4 is 5.73 Å². The second kappa shape index (κ2) is 4.98. The summed E-state index contributed by atoms with van der Waals surface area (Å²) in [6.07, 6.45) is 0.818. The SMILES string of the molecule is CC1CC(=O)N(Cc2cc(Cl)ccc2N)C(=O)C1. The van der Waals surface area contributed by atoms with Gasteiger partial charge in [-0.1, -0.05) is 18.5 Å². The Kier molecular flexibility index (Phi) is 3.57. The minimum absolute atomic E-state index is 0.123. The molecular formula is C13H15ClN2O2. The van der Waals surface area contributed by atoms with Gasteiger partial charge in [-0.2, -0.15) is 0 Å². The van der Waals surface area contributed by atoms with Crippen LogP contribution in [-0.2, 0) is 16.1 Å². The van der Waals surface area contributed by atoms with Gasteiger partial charge in [-0.3, -0.25) is 14.5 Å². The molecule has 1 aromatic carbocycles. The maximum atomic E-state index is 11.8. The highest BCUT2D eigenvalue weighted by Crippen LogP contribution is 2.24. The van der Waals surface area contributed by atoms with Crippen LogP contribution in [-0.4, -0.2) is 16.7 Å². The van der Waals surface area contributed by atoms with E-state index in [9.17, 15) is 9.59 Å². The molecule has 0 spiro atoms. The summed E-state index contributed by atoms with van der Waals surface area (Å²) in [7, 11) is 0. The van der Waals surface area contributed by atoms with Gasteiger partial charge in [-0.15, -0.1) is 0 Å². The van der Waals surface area contributed by atoms with Gasteiger partial charge in [0.15, 0.2) is 0 Å². The number of likely N-dealkylation sites (tertiary alicyclic amines) is 1. The monoisotopic (exact) mass is 266 g/mol. The van der Waals surface area contributed by atoms with E-state index in [0.29, 0.717) is 29.1 Å². The highest BCUT2D eigenvalue weighted by Gasteiger charge is 2.30. The van der Waals surface area contributed by atoms with E-state index in [1.165, 1.54) is 4.90 Å². The molecule has 5 heteroatoms. The maximum Gasteiger partial charge on any atom is 0.229 e. The molecule has 1 heterocycles. The number of imide groups is 1. The predicted octanol–water partition coefficient (Wildman–Crippen LogP) is 2.21. The van der Waals surface area contributed by atoms with Crippen molar-refractivity contribution in [1.29, 1.82) is 0 Å². The van der Waals surface area contributed by atoms with Crippen LogP contribution in [0.4, 0.5) is 5.69 Å². The largest absolute Gasteiger partial charge is 0.398 e. The van der Waals surface area contributed by atoms with Crippen molar-refractivity contribution in [2.75, 3.05) is 5.73 Å². The summed E-state index contributed by atoms with van der Waals surface area (Å²) in [5, 5.41) is 0.546. The average molecular weight is 267 g/mol. The molecule has 2 rings (SSSR count). The summed E-state index contributed by atoms with van der Waals surface area (Å²) in [6.45, 7) is 2.11. The third kappa shape index (κ3) is 2.64. The van der Waals surface area contributed by atoms with E-state index in [-0.39, 0.29) is 24.3 Å². The first-order valence-electron chi connectivity index (χ1n) is 5.84. The van der Waals surface area contributed by atoms with Crippen molar-refractivity contribution in [2.24, 2.45) is 5.92 Å². The number of rotatable bonds is 2. The van der Waals surface area contributed by atoms with Crippen molar-refractivity contribution in [3.05, 3.63) is 28.8 Å². The number of hydrogen-bond acceptors (Lipinski definition) is 3. The lowest BCUT2D eigenvalue weighted by molar-refractivity contribution is -0.150. The average Bonchev–Trinajstić information content (AvgIpc) is 2.28. The Morgan fingerprint density at radius 2 is 1.94 bits per heavy atom. The molecule has 0 radical (unpaired) electrons. The van der Waals surface area contributed by atoms with E-state index in [4.69, 9.17) is 17.3 Å². The van der Waals surface area contributed by atoms with Crippen molar-refractivity contribution in [1.82, 2.24) is 4.90 Å². The molecule has 1 aliphatic heterocycles. The number of nitrogens with two attached hydrogens (primary N) is 1. The van der Waals surface area contributed by atoms with Gasteiger partial charge < -0.3 is 5.73 Å². The first-order valence-corrected chi connectivity index (χ1v) is 6.22. The number of anilines is 1. The Hall–Kier alpha value is -1.55. The van der Waals surface area contributed by atoms with Crippen molar-refractivity contribution >= 4 is 29.1 Å². The van der Waals surface area contributed by atoms with Gasteiger partial charge in [0, 0.05) is 23.6 Å². The van der Waals surface area contributed by atoms with E-state index in [1.54, 1.807) is 18.2 Å². The van der Waals surface area contributed by atoms with Crippen LogP contribution in [0.5, 0.6) is 0 Å². The smallest absolute Gasteiger partial charge is 0.229 e. The molecule has 18 heavy (non-hydrogen) atoms. The fourth-order valence-electron chi connectivity index (χ4n) is 2.09. The van der Waals surface area contributed by atoms with E-state index >= 15 is 0 Å². The Labute approximate surface area is 111 Å². The van der Waals surface area contributed by atoms with Crippen LogP contribution in [0.1, 0.15) is 25.3 Å². The van der Waals surface area contributed by atoms with E-state index in [1.807, 2.05) is 6.92 Å². The van der Waals surface area contributed by atoms with Gasteiger partial charge in [-0.25, -0.2) is 0 Å². The lowest BCUT2D eigenvalue weighted by Crippen LogP contribution is -2.42. The first kappa shape index (κ1) is 12.9. The summed E-state index contributed by atoms with van der Waals surface area (Å²) in [5.74, 6) is -0.158. The molecule has 0 aliphatic carbocycles. The summed E-state index contributed by atoms with van der Waals surface area (Å²) in [4.78, 5) is 25.0.